The number of amides is 1. The molecule has 0 atom stereocenters. The highest BCUT2D eigenvalue weighted by molar-refractivity contribution is 5.93. The van der Waals surface area contributed by atoms with Gasteiger partial charge in [0.05, 0.1) is 24.6 Å². The van der Waals surface area contributed by atoms with Gasteiger partial charge >= 0.3 is 0 Å². The lowest BCUT2D eigenvalue weighted by Gasteiger charge is -2.37. The van der Waals surface area contributed by atoms with E-state index in [0.717, 1.165) is 74.0 Å². The first-order valence-electron chi connectivity index (χ1n) is 12.4. The molecule has 2 fully saturated rings. The average molecular weight is 486 g/mol. The highest BCUT2D eigenvalue weighted by Crippen LogP contribution is 2.38. The van der Waals surface area contributed by atoms with Crippen molar-refractivity contribution < 1.29 is 14.3 Å². The molecule has 2 saturated heterocycles. The van der Waals surface area contributed by atoms with Crippen LogP contribution in [0.4, 0.5) is 11.5 Å². The fourth-order valence-electron chi connectivity index (χ4n) is 5.13. The van der Waals surface area contributed by atoms with Crippen LogP contribution in [0.15, 0.2) is 42.7 Å². The van der Waals surface area contributed by atoms with E-state index in [1.54, 1.807) is 7.11 Å². The van der Waals surface area contributed by atoms with Gasteiger partial charge in [-0.05, 0) is 63.0 Å². The molecule has 186 valence electrons. The fourth-order valence-corrected chi connectivity index (χ4v) is 5.13. The van der Waals surface area contributed by atoms with E-state index in [2.05, 4.69) is 31.4 Å². The number of carbonyl (C=O) groups excluding carboxylic acids is 1. The van der Waals surface area contributed by atoms with Crippen molar-refractivity contribution in [2.75, 3.05) is 45.2 Å². The van der Waals surface area contributed by atoms with Gasteiger partial charge in [0.15, 0.2) is 11.5 Å². The van der Waals surface area contributed by atoms with Gasteiger partial charge in [0.25, 0.3) is 0 Å². The molecular weight excluding hydrogens is 454 g/mol. The number of hydrogen-bond donors (Lipinski definition) is 2. The predicted octanol–water partition coefficient (Wildman–Crippen LogP) is 3.73. The minimum Gasteiger partial charge on any atom is -0.493 e. The van der Waals surface area contributed by atoms with Crippen molar-refractivity contribution in [1.29, 1.82) is 0 Å². The first-order chi connectivity index (χ1) is 17.6. The number of nitrogens with zero attached hydrogens (tertiary/aromatic N) is 3. The monoisotopic (exact) mass is 485 g/mol. The lowest BCUT2D eigenvalue weighted by molar-refractivity contribution is -0.130. The Labute approximate surface area is 211 Å². The van der Waals surface area contributed by atoms with Crippen LogP contribution in [-0.4, -0.2) is 60.7 Å². The minimum absolute atomic E-state index is 0.124. The SMILES string of the molecule is C#Cc1cccc(Nc2ncnc3cc(OC)c(OCCCN4CCC5(CCNC5=O)CC4)cc23)c1. The average Bonchev–Trinajstić information content (AvgIpc) is 3.26. The Hall–Kier alpha value is -3.83. The molecule has 0 saturated carbocycles. The van der Waals surface area contributed by atoms with Crippen molar-refractivity contribution in [2.24, 2.45) is 5.41 Å². The highest BCUT2D eigenvalue weighted by atomic mass is 16.5. The summed E-state index contributed by atoms with van der Waals surface area (Å²) in [6.45, 7) is 4.24. The fraction of sp³-hybridized carbons (Fsp3) is 0.393. The lowest BCUT2D eigenvalue weighted by atomic mass is 9.77. The number of methoxy groups -OCH3 is 1. The van der Waals surface area contributed by atoms with Gasteiger partial charge in [-0.15, -0.1) is 6.42 Å². The molecule has 3 heterocycles. The molecule has 0 aliphatic carbocycles. The summed E-state index contributed by atoms with van der Waals surface area (Å²) in [6.07, 6.45) is 10.8. The van der Waals surface area contributed by atoms with E-state index in [9.17, 15) is 4.79 Å². The van der Waals surface area contributed by atoms with Crippen molar-refractivity contribution in [2.45, 2.75) is 25.7 Å². The van der Waals surface area contributed by atoms with Crippen molar-refractivity contribution in [3.63, 3.8) is 0 Å². The molecular formula is C28H31N5O3. The number of likely N-dealkylation sites (tertiary alicyclic amines) is 1. The molecule has 0 radical (unpaired) electrons. The molecule has 3 aromatic rings. The normalized spacial score (nSPS) is 17.1. The largest absolute Gasteiger partial charge is 0.493 e. The lowest BCUT2D eigenvalue weighted by Crippen LogP contribution is -2.44. The molecule has 2 aliphatic rings. The second kappa shape index (κ2) is 10.4. The van der Waals surface area contributed by atoms with Crippen molar-refractivity contribution in [1.82, 2.24) is 20.2 Å². The van der Waals surface area contributed by atoms with Crippen LogP contribution in [0.1, 0.15) is 31.2 Å². The molecule has 2 N–H and O–H groups in total. The summed E-state index contributed by atoms with van der Waals surface area (Å²) in [7, 11) is 1.63. The van der Waals surface area contributed by atoms with E-state index in [1.165, 1.54) is 6.33 Å². The standard InChI is InChI=1S/C28H31N5O3/c1-3-20-6-4-7-21(16-20)32-26-22-17-25(24(35-2)18-23(22)30-19-31-26)36-15-5-12-33-13-9-28(10-14-33)8-11-29-27(28)34/h1,4,6-7,16-19H,5,8-15H2,2H3,(H,29,34)(H,30,31,32). The van der Waals surface area contributed by atoms with Crippen molar-refractivity contribution >= 4 is 28.3 Å². The number of fused-ring (bicyclic) bond motifs is 1. The molecule has 0 bridgehead atoms. The zero-order valence-corrected chi connectivity index (χ0v) is 20.5. The van der Waals surface area contributed by atoms with E-state index in [-0.39, 0.29) is 11.3 Å². The van der Waals surface area contributed by atoms with Crippen molar-refractivity contribution in [3.8, 4) is 23.8 Å². The van der Waals surface area contributed by atoms with Gasteiger partial charge in [-0.2, -0.15) is 0 Å². The van der Waals surface area contributed by atoms with Crippen LogP contribution in [0.3, 0.4) is 0 Å². The summed E-state index contributed by atoms with van der Waals surface area (Å²) in [4.78, 5) is 23.5. The Balaban J connectivity index is 1.23. The Kier molecular flexibility index (Phi) is 6.92. The molecule has 8 heteroatoms. The number of piperidine rings is 1. The van der Waals surface area contributed by atoms with Gasteiger partial charge < -0.3 is 25.0 Å². The Morgan fingerprint density at radius 2 is 2.03 bits per heavy atom. The number of terminal acetylenes is 1. The number of benzene rings is 2. The third kappa shape index (κ3) is 4.93. The molecule has 5 rings (SSSR count). The summed E-state index contributed by atoms with van der Waals surface area (Å²) >= 11 is 0. The van der Waals surface area contributed by atoms with Crippen LogP contribution in [0, 0.1) is 17.8 Å². The third-order valence-electron chi connectivity index (χ3n) is 7.27. The Bertz CT molecular complexity index is 1290. The molecule has 36 heavy (non-hydrogen) atoms. The van der Waals surface area contributed by atoms with Crippen LogP contribution in [-0.2, 0) is 4.79 Å². The van der Waals surface area contributed by atoms with Gasteiger partial charge in [-0.1, -0.05) is 12.0 Å². The maximum absolute atomic E-state index is 12.2. The summed E-state index contributed by atoms with van der Waals surface area (Å²) < 4.78 is 11.7. The summed E-state index contributed by atoms with van der Waals surface area (Å²) in [6, 6.07) is 11.4. The van der Waals surface area contributed by atoms with Crippen LogP contribution < -0.4 is 20.1 Å². The first-order valence-corrected chi connectivity index (χ1v) is 12.4. The second-order valence-corrected chi connectivity index (χ2v) is 9.42. The molecule has 1 aromatic heterocycles. The van der Waals surface area contributed by atoms with Crippen molar-refractivity contribution in [3.05, 3.63) is 48.3 Å². The molecule has 8 nitrogen and oxygen atoms in total. The van der Waals surface area contributed by atoms with E-state index >= 15 is 0 Å². The highest BCUT2D eigenvalue weighted by Gasteiger charge is 2.44. The molecule has 1 amide bonds. The summed E-state index contributed by atoms with van der Waals surface area (Å²) in [5.41, 5.74) is 2.27. The number of aromatic nitrogens is 2. The number of nitrogens with one attached hydrogen (secondary N) is 2. The predicted molar refractivity (Wildman–Crippen MR) is 140 cm³/mol. The zero-order chi connectivity index (χ0) is 25.0. The van der Waals surface area contributed by atoms with Gasteiger partial charge in [-0.25, -0.2) is 9.97 Å². The van der Waals surface area contributed by atoms with Gasteiger partial charge in [0, 0.05) is 35.8 Å². The summed E-state index contributed by atoms with van der Waals surface area (Å²) in [5, 5.41) is 7.17. The number of rotatable bonds is 8. The number of hydrogen-bond acceptors (Lipinski definition) is 7. The van der Waals surface area contributed by atoms with Crippen LogP contribution in [0.2, 0.25) is 0 Å². The molecule has 0 unspecified atom stereocenters. The maximum atomic E-state index is 12.2. The van der Waals surface area contributed by atoms with Crippen LogP contribution >= 0.6 is 0 Å². The Morgan fingerprint density at radius 1 is 1.17 bits per heavy atom. The zero-order valence-electron chi connectivity index (χ0n) is 20.5. The van der Waals surface area contributed by atoms with E-state index < -0.39 is 0 Å². The van der Waals surface area contributed by atoms with Gasteiger partial charge in [0.2, 0.25) is 5.91 Å². The van der Waals surface area contributed by atoms with E-state index in [0.29, 0.717) is 23.9 Å². The Morgan fingerprint density at radius 3 is 2.78 bits per heavy atom. The number of carbonyl (C=O) groups is 1. The summed E-state index contributed by atoms with van der Waals surface area (Å²) in [5.74, 6) is 4.85. The maximum Gasteiger partial charge on any atom is 0.226 e. The minimum atomic E-state index is -0.124. The van der Waals surface area contributed by atoms with Gasteiger partial charge in [-0.3, -0.25) is 4.79 Å². The smallest absolute Gasteiger partial charge is 0.226 e. The van der Waals surface area contributed by atoms with Crippen LogP contribution in [0.25, 0.3) is 10.9 Å². The van der Waals surface area contributed by atoms with Crippen LogP contribution in [0.5, 0.6) is 11.5 Å². The third-order valence-corrected chi connectivity index (χ3v) is 7.27. The molecule has 2 aliphatic heterocycles. The van der Waals surface area contributed by atoms with Gasteiger partial charge in [0.1, 0.15) is 12.1 Å². The molecule has 1 spiro atoms. The first kappa shape index (κ1) is 23.9. The second-order valence-electron chi connectivity index (χ2n) is 9.42. The van der Waals surface area contributed by atoms with E-state index in [4.69, 9.17) is 15.9 Å². The topological polar surface area (TPSA) is 88.6 Å². The number of ether oxygens (including phenoxy) is 2. The number of anilines is 2. The quantitative estimate of drug-likeness (QED) is 0.371. The van der Waals surface area contributed by atoms with E-state index in [1.807, 2.05) is 36.4 Å². The molecule has 2 aromatic carbocycles.